The number of benzene rings is 1. The standard InChI is InChI=1S/C20H21N3O4S/c1-3-25-15-8-7-13(11-16(15)26-4-2)19(24)21-14-9-10-28-17(14)20-22-18(23-27-20)12-5-6-12/h7-12H,3-6H2,1-2H3,(H,21,24). The number of aromatic nitrogens is 2. The van der Waals surface area contributed by atoms with Gasteiger partial charge in [0.1, 0.15) is 4.88 Å². The van der Waals surface area contributed by atoms with Crippen LogP contribution in [-0.2, 0) is 0 Å². The van der Waals surface area contributed by atoms with E-state index < -0.39 is 0 Å². The van der Waals surface area contributed by atoms with Crippen molar-refractivity contribution < 1.29 is 18.8 Å². The molecule has 0 unspecified atom stereocenters. The molecule has 7 nitrogen and oxygen atoms in total. The number of hydrogen-bond acceptors (Lipinski definition) is 7. The van der Waals surface area contributed by atoms with Gasteiger partial charge in [0.15, 0.2) is 17.3 Å². The third kappa shape index (κ3) is 3.87. The van der Waals surface area contributed by atoms with E-state index in [0.29, 0.717) is 47.8 Å². The lowest BCUT2D eigenvalue weighted by molar-refractivity contribution is 0.102. The van der Waals surface area contributed by atoms with E-state index in [0.717, 1.165) is 23.5 Å². The molecule has 4 rings (SSSR count). The number of thiophene rings is 1. The summed E-state index contributed by atoms with van der Waals surface area (Å²) in [5.41, 5.74) is 1.13. The first kappa shape index (κ1) is 18.5. The van der Waals surface area contributed by atoms with Crippen molar-refractivity contribution in [3.63, 3.8) is 0 Å². The van der Waals surface area contributed by atoms with Gasteiger partial charge in [-0.15, -0.1) is 11.3 Å². The predicted molar refractivity (Wildman–Crippen MR) is 106 cm³/mol. The van der Waals surface area contributed by atoms with Crippen molar-refractivity contribution in [2.45, 2.75) is 32.6 Å². The zero-order valence-electron chi connectivity index (χ0n) is 15.7. The summed E-state index contributed by atoms with van der Waals surface area (Å²) >= 11 is 1.45. The number of rotatable bonds is 8. The zero-order valence-corrected chi connectivity index (χ0v) is 16.5. The first-order valence-corrected chi connectivity index (χ1v) is 10.2. The molecule has 1 aliphatic carbocycles. The van der Waals surface area contributed by atoms with Crippen molar-refractivity contribution >= 4 is 22.9 Å². The van der Waals surface area contributed by atoms with E-state index in [1.807, 2.05) is 25.3 Å². The average Bonchev–Trinajstić information content (AvgIpc) is 3.24. The Morgan fingerprint density at radius 2 is 2.00 bits per heavy atom. The third-order valence-corrected chi connectivity index (χ3v) is 5.20. The maximum absolute atomic E-state index is 12.8. The highest BCUT2D eigenvalue weighted by Gasteiger charge is 2.29. The topological polar surface area (TPSA) is 86.5 Å². The fraction of sp³-hybridized carbons (Fsp3) is 0.350. The Morgan fingerprint density at radius 1 is 1.21 bits per heavy atom. The SMILES string of the molecule is CCOc1ccc(C(=O)Nc2ccsc2-c2nc(C3CC3)no2)cc1OCC. The minimum Gasteiger partial charge on any atom is -0.490 e. The zero-order chi connectivity index (χ0) is 19.5. The van der Waals surface area contributed by atoms with Gasteiger partial charge in [-0.3, -0.25) is 4.79 Å². The molecule has 1 aromatic carbocycles. The van der Waals surface area contributed by atoms with Crippen molar-refractivity contribution in [2.75, 3.05) is 18.5 Å². The largest absolute Gasteiger partial charge is 0.490 e. The van der Waals surface area contributed by atoms with E-state index in [-0.39, 0.29) is 5.91 Å². The van der Waals surface area contributed by atoms with Crippen molar-refractivity contribution in [3.8, 4) is 22.3 Å². The van der Waals surface area contributed by atoms with Crippen LogP contribution < -0.4 is 14.8 Å². The molecule has 8 heteroatoms. The maximum atomic E-state index is 12.8. The molecule has 3 aromatic rings. The number of nitrogens with one attached hydrogen (secondary N) is 1. The molecule has 1 N–H and O–H groups in total. The van der Waals surface area contributed by atoms with E-state index in [1.54, 1.807) is 18.2 Å². The Labute approximate surface area is 166 Å². The molecular formula is C20H21N3O4S. The molecule has 0 bridgehead atoms. The van der Waals surface area contributed by atoms with E-state index in [2.05, 4.69) is 15.5 Å². The number of hydrogen-bond donors (Lipinski definition) is 1. The lowest BCUT2D eigenvalue weighted by atomic mass is 10.2. The monoisotopic (exact) mass is 399 g/mol. The Morgan fingerprint density at radius 3 is 2.75 bits per heavy atom. The average molecular weight is 399 g/mol. The van der Waals surface area contributed by atoms with Crippen LogP contribution in [0.1, 0.15) is 48.8 Å². The summed E-state index contributed by atoms with van der Waals surface area (Å²) in [6.07, 6.45) is 2.21. The molecule has 28 heavy (non-hydrogen) atoms. The van der Waals surface area contributed by atoms with Crippen LogP contribution in [0.5, 0.6) is 11.5 Å². The summed E-state index contributed by atoms with van der Waals surface area (Å²) in [5, 5.41) is 8.86. The lowest BCUT2D eigenvalue weighted by Gasteiger charge is -2.12. The maximum Gasteiger partial charge on any atom is 0.270 e. The summed E-state index contributed by atoms with van der Waals surface area (Å²) in [7, 11) is 0. The van der Waals surface area contributed by atoms with Gasteiger partial charge in [-0.25, -0.2) is 0 Å². The highest BCUT2D eigenvalue weighted by molar-refractivity contribution is 7.14. The highest BCUT2D eigenvalue weighted by Crippen LogP contribution is 2.40. The van der Waals surface area contributed by atoms with Crippen LogP contribution in [0.4, 0.5) is 5.69 Å². The predicted octanol–water partition coefficient (Wildman–Crippen LogP) is 4.73. The molecule has 1 amide bonds. The second-order valence-corrected chi connectivity index (χ2v) is 7.29. The van der Waals surface area contributed by atoms with Crippen LogP contribution in [0, 0.1) is 0 Å². The number of anilines is 1. The van der Waals surface area contributed by atoms with Crippen molar-refractivity contribution in [1.82, 2.24) is 10.1 Å². The van der Waals surface area contributed by atoms with Gasteiger partial charge in [0.05, 0.1) is 18.9 Å². The number of ether oxygens (including phenoxy) is 2. The number of amides is 1. The molecule has 0 saturated heterocycles. The molecule has 1 aliphatic rings. The van der Waals surface area contributed by atoms with Crippen LogP contribution in [-0.4, -0.2) is 29.3 Å². The van der Waals surface area contributed by atoms with Crippen molar-refractivity contribution in [3.05, 3.63) is 41.0 Å². The van der Waals surface area contributed by atoms with E-state index in [9.17, 15) is 4.79 Å². The van der Waals surface area contributed by atoms with E-state index in [4.69, 9.17) is 14.0 Å². The molecule has 146 valence electrons. The Balaban J connectivity index is 1.54. The van der Waals surface area contributed by atoms with Gasteiger partial charge in [0.2, 0.25) is 0 Å². The molecule has 0 spiro atoms. The molecule has 0 radical (unpaired) electrons. The molecule has 2 aromatic heterocycles. The Kier molecular flexibility index (Phi) is 5.29. The fourth-order valence-electron chi connectivity index (χ4n) is 2.79. The lowest BCUT2D eigenvalue weighted by Crippen LogP contribution is -2.12. The van der Waals surface area contributed by atoms with Gasteiger partial charge in [-0.05, 0) is 56.3 Å². The van der Waals surface area contributed by atoms with Crippen LogP contribution in [0.25, 0.3) is 10.8 Å². The van der Waals surface area contributed by atoms with Gasteiger partial charge in [0, 0.05) is 11.5 Å². The number of carbonyl (C=O) groups excluding carboxylic acids is 1. The van der Waals surface area contributed by atoms with Crippen molar-refractivity contribution in [2.24, 2.45) is 0 Å². The van der Waals surface area contributed by atoms with E-state index >= 15 is 0 Å². The van der Waals surface area contributed by atoms with Gasteiger partial charge < -0.3 is 19.3 Å². The Hall–Kier alpha value is -2.87. The molecule has 1 fully saturated rings. The second kappa shape index (κ2) is 8.02. The number of nitrogens with zero attached hydrogens (tertiary/aromatic N) is 2. The normalized spacial score (nSPS) is 13.4. The summed E-state index contributed by atoms with van der Waals surface area (Å²) < 4.78 is 16.5. The summed E-state index contributed by atoms with van der Waals surface area (Å²) in [6, 6.07) is 6.98. The summed E-state index contributed by atoms with van der Waals surface area (Å²) in [6.45, 7) is 4.80. The Bertz CT molecular complexity index is 977. The number of carbonyl (C=O) groups is 1. The van der Waals surface area contributed by atoms with Gasteiger partial charge in [0.25, 0.3) is 11.8 Å². The molecular weight excluding hydrogens is 378 g/mol. The van der Waals surface area contributed by atoms with Crippen LogP contribution >= 0.6 is 11.3 Å². The van der Waals surface area contributed by atoms with E-state index in [1.165, 1.54) is 11.3 Å². The fourth-order valence-corrected chi connectivity index (χ4v) is 3.56. The molecule has 1 saturated carbocycles. The smallest absolute Gasteiger partial charge is 0.270 e. The summed E-state index contributed by atoms with van der Waals surface area (Å²) in [5.74, 6) is 2.52. The first-order valence-electron chi connectivity index (χ1n) is 9.32. The minimum atomic E-state index is -0.245. The van der Waals surface area contributed by atoms with Crippen LogP contribution in [0.3, 0.4) is 0 Å². The van der Waals surface area contributed by atoms with Crippen molar-refractivity contribution in [1.29, 1.82) is 0 Å². The minimum absolute atomic E-state index is 0.245. The second-order valence-electron chi connectivity index (χ2n) is 6.38. The highest BCUT2D eigenvalue weighted by atomic mass is 32.1. The summed E-state index contributed by atoms with van der Waals surface area (Å²) in [4.78, 5) is 18.0. The van der Waals surface area contributed by atoms with Gasteiger partial charge in [-0.1, -0.05) is 5.16 Å². The quantitative estimate of drug-likeness (QED) is 0.589. The van der Waals surface area contributed by atoms with Gasteiger partial charge in [-0.2, -0.15) is 4.98 Å². The van der Waals surface area contributed by atoms with Gasteiger partial charge >= 0.3 is 0 Å². The first-order chi connectivity index (χ1) is 13.7. The third-order valence-electron chi connectivity index (χ3n) is 4.30. The molecule has 0 atom stereocenters. The van der Waals surface area contributed by atoms with Crippen LogP contribution in [0.15, 0.2) is 34.2 Å². The molecule has 2 heterocycles. The van der Waals surface area contributed by atoms with Crippen LogP contribution in [0.2, 0.25) is 0 Å². The molecule has 0 aliphatic heterocycles.